The number of hydrogen-bond acceptors (Lipinski definition) is 5. The van der Waals surface area contributed by atoms with Crippen molar-refractivity contribution in [3.05, 3.63) is 59.9 Å². The fraction of sp³-hybridized carbons (Fsp3) is 0.133. The highest BCUT2D eigenvalue weighted by Gasteiger charge is 2.28. The number of nitrogens with zero attached hydrogens (tertiary/aromatic N) is 1. The van der Waals surface area contributed by atoms with E-state index in [2.05, 4.69) is 9.93 Å². The monoisotopic (exact) mass is 368 g/mol. The van der Waals surface area contributed by atoms with Gasteiger partial charge in [0.25, 0.3) is 10.0 Å². The molecule has 1 N–H and O–H groups in total. The van der Waals surface area contributed by atoms with Crippen LogP contribution in [0.15, 0.2) is 63.4 Å². The van der Waals surface area contributed by atoms with E-state index in [0.29, 0.717) is 0 Å². The number of fused-ring (bicyclic) bond motifs is 1. The molecule has 2 aromatic carbocycles. The van der Waals surface area contributed by atoms with Gasteiger partial charge in [0.15, 0.2) is 9.84 Å². The second-order valence-corrected chi connectivity index (χ2v) is 8.91. The van der Waals surface area contributed by atoms with E-state index in [4.69, 9.17) is 0 Å². The number of sulfone groups is 1. The molecule has 9 heteroatoms. The van der Waals surface area contributed by atoms with Gasteiger partial charge in [-0.3, -0.25) is 0 Å². The van der Waals surface area contributed by atoms with Gasteiger partial charge in [0, 0.05) is 12.0 Å². The topological polar surface area (TPSA) is 92.7 Å². The van der Waals surface area contributed by atoms with Crippen LogP contribution in [0.5, 0.6) is 0 Å². The normalized spacial score (nSPS) is 18.1. The van der Waals surface area contributed by atoms with Crippen LogP contribution in [0.1, 0.15) is 12.0 Å². The van der Waals surface area contributed by atoms with Gasteiger partial charge in [-0.2, -0.15) is 18.4 Å². The SMILES string of the molecule is O=S1(=O)CC/C(=N/NS(=O)(=O)c2ccccc2)c2cc(F)ccc21. The number of hydrazone groups is 1. The predicted molar refractivity (Wildman–Crippen MR) is 86.4 cm³/mol. The van der Waals surface area contributed by atoms with Crippen molar-refractivity contribution in [2.24, 2.45) is 5.10 Å². The van der Waals surface area contributed by atoms with Crippen LogP contribution in [0.4, 0.5) is 4.39 Å². The van der Waals surface area contributed by atoms with Gasteiger partial charge >= 0.3 is 0 Å². The summed E-state index contributed by atoms with van der Waals surface area (Å²) < 4.78 is 61.9. The van der Waals surface area contributed by atoms with Crippen LogP contribution < -0.4 is 4.83 Å². The van der Waals surface area contributed by atoms with Crippen LogP contribution >= 0.6 is 0 Å². The Bertz CT molecular complexity index is 1020. The fourth-order valence-corrected chi connectivity index (χ4v) is 4.68. The summed E-state index contributed by atoms with van der Waals surface area (Å²) in [6.45, 7) is 0. The van der Waals surface area contributed by atoms with Crippen molar-refractivity contribution >= 4 is 25.6 Å². The zero-order chi connectivity index (χ0) is 17.4. The summed E-state index contributed by atoms with van der Waals surface area (Å²) >= 11 is 0. The summed E-state index contributed by atoms with van der Waals surface area (Å²) in [6, 6.07) is 10.9. The first-order valence-electron chi connectivity index (χ1n) is 6.96. The van der Waals surface area contributed by atoms with Gasteiger partial charge < -0.3 is 0 Å². The first kappa shape index (κ1) is 16.6. The number of rotatable bonds is 3. The smallest absolute Gasteiger partial charge is 0.224 e. The van der Waals surface area contributed by atoms with Gasteiger partial charge in [-0.25, -0.2) is 12.8 Å². The summed E-state index contributed by atoms with van der Waals surface area (Å²) in [5, 5.41) is 3.83. The van der Waals surface area contributed by atoms with Crippen molar-refractivity contribution in [1.82, 2.24) is 4.83 Å². The number of hydrogen-bond donors (Lipinski definition) is 1. The van der Waals surface area contributed by atoms with E-state index in [0.717, 1.165) is 12.1 Å². The number of nitrogens with one attached hydrogen (secondary N) is 1. The van der Waals surface area contributed by atoms with Gasteiger partial charge in [0.1, 0.15) is 5.82 Å². The summed E-state index contributed by atoms with van der Waals surface area (Å²) in [4.78, 5) is 2.05. The Hall–Kier alpha value is -2.26. The molecule has 0 spiro atoms. The molecule has 0 saturated carbocycles. The molecule has 126 valence electrons. The minimum absolute atomic E-state index is 0.00387. The molecule has 2 aromatic rings. The second-order valence-electron chi connectivity index (χ2n) is 5.18. The van der Waals surface area contributed by atoms with Crippen molar-refractivity contribution in [2.45, 2.75) is 16.2 Å². The molecule has 0 saturated heterocycles. The highest BCUT2D eigenvalue weighted by molar-refractivity contribution is 7.91. The van der Waals surface area contributed by atoms with Gasteiger partial charge in [-0.15, -0.1) is 0 Å². The van der Waals surface area contributed by atoms with E-state index in [1.807, 2.05) is 0 Å². The van der Waals surface area contributed by atoms with E-state index in [-0.39, 0.29) is 33.2 Å². The average molecular weight is 368 g/mol. The molecule has 1 aliphatic rings. The number of sulfonamides is 1. The zero-order valence-electron chi connectivity index (χ0n) is 12.3. The van der Waals surface area contributed by atoms with E-state index in [1.54, 1.807) is 18.2 Å². The Labute approximate surface area is 139 Å². The molecule has 0 radical (unpaired) electrons. The first-order chi connectivity index (χ1) is 11.3. The Morgan fingerprint density at radius 3 is 2.50 bits per heavy atom. The van der Waals surface area contributed by atoms with Crippen LogP contribution in [0.2, 0.25) is 0 Å². The second kappa shape index (κ2) is 5.99. The molecule has 0 aromatic heterocycles. The summed E-state index contributed by atoms with van der Waals surface area (Å²) in [5.41, 5.74) is 0.260. The van der Waals surface area contributed by atoms with Crippen molar-refractivity contribution in [3.8, 4) is 0 Å². The molecule has 24 heavy (non-hydrogen) atoms. The molecule has 3 rings (SSSR count). The van der Waals surface area contributed by atoms with Gasteiger partial charge in [0.05, 0.1) is 21.3 Å². The molecule has 0 bridgehead atoms. The van der Waals surface area contributed by atoms with Crippen LogP contribution in [-0.2, 0) is 19.9 Å². The maximum absolute atomic E-state index is 13.5. The maximum Gasteiger partial charge on any atom is 0.276 e. The molecule has 0 unspecified atom stereocenters. The van der Waals surface area contributed by atoms with E-state index < -0.39 is 25.7 Å². The predicted octanol–water partition coefficient (Wildman–Crippen LogP) is 1.69. The lowest BCUT2D eigenvalue weighted by Crippen LogP contribution is -2.26. The standard InChI is InChI=1S/C15H13FN2O4S2/c16-11-6-7-15-13(10-11)14(8-9-23(15,19)20)17-18-24(21,22)12-4-2-1-3-5-12/h1-7,10,18H,8-9H2/b17-14-. The molecular weight excluding hydrogens is 355 g/mol. The van der Waals surface area contributed by atoms with Crippen molar-refractivity contribution in [2.75, 3.05) is 5.75 Å². The molecule has 1 heterocycles. The number of benzene rings is 2. The number of halogens is 1. The summed E-state index contributed by atoms with van der Waals surface area (Å²) in [5.74, 6) is -0.832. The quantitative estimate of drug-likeness (QED) is 0.659. The third-order valence-corrected chi connectivity index (χ3v) is 6.54. The molecule has 6 nitrogen and oxygen atoms in total. The van der Waals surface area contributed by atoms with Crippen LogP contribution in [-0.4, -0.2) is 28.3 Å². The van der Waals surface area contributed by atoms with Crippen LogP contribution in [0, 0.1) is 5.82 Å². The van der Waals surface area contributed by atoms with E-state index in [1.165, 1.54) is 18.2 Å². The first-order valence-corrected chi connectivity index (χ1v) is 10.1. The third kappa shape index (κ3) is 3.17. The Balaban J connectivity index is 1.99. The highest BCUT2D eigenvalue weighted by Crippen LogP contribution is 2.26. The molecule has 0 amide bonds. The van der Waals surface area contributed by atoms with Crippen molar-refractivity contribution in [3.63, 3.8) is 0 Å². The van der Waals surface area contributed by atoms with Gasteiger partial charge in [0.2, 0.25) is 0 Å². The van der Waals surface area contributed by atoms with Crippen molar-refractivity contribution < 1.29 is 21.2 Å². The summed E-state index contributed by atoms with van der Waals surface area (Å²) in [6.07, 6.45) is -0.00387. The molecule has 0 aliphatic carbocycles. The fourth-order valence-electron chi connectivity index (χ4n) is 2.36. The summed E-state index contributed by atoms with van der Waals surface area (Å²) in [7, 11) is -7.40. The minimum atomic E-state index is -3.88. The largest absolute Gasteiger partial charge is 0.276 e. The zero-order valence-corrected chi connectivity index (χ0v) is 13.9. The molecule has 0 atom stereocenters. The average Bonchev–Trinajstić information content (AvgIpc) is 2.54. The molecule has 0 fully saturated rings. The van der Waals surface area contributed by atoms with E-state index >= 15 is 0 Å². The third-order valence-electron chi connectivity index (χ3n) is 3.55. The lowest BCUT2D eigenvalue weighted by atomic mass is 10.1. The Morgan fingerprint density at radius 1 is 1.08 bits per heavy atom. The van der Waals surface area contributed by atoms with Crippen LogP contribution in [0.3, 0.4) is 0 Å². The minimum Gasteiger partial charge on any atom is -0.224 e. The molecule has 1 aliphatic heterocycles. The van der Waals surface area contributed by atoms with Gasteiger partial charge in [-0.05, 0) is 30.3 Å². The Kier molecular flexibility index (Phi) is 4.14. The van der Waals surface area contributed by atoms with E-state index in [9.17, 15) is 21.2 Å². The van der Waals surface area contributed by atoms with Crippen LogP contribution in [0.25, 0.3) is 0 Å². The highest BCUT2D eigenvalue weighted by atomic mass is 32.2. The Morgan fingerprint density at radius 2 is 1.79 bits per heavy atom. The molecular formula is C15H13FN2O4S2. The lowest BCUT2D eigenvalue weighted by molar-refractivity contribution is 0.584. The maximum atomic E-state index is 13.5. The van der Waals surface area contributed by atoms with Crippen molar-refractivity contribution in [1.29, 1.82) is 0 Å². The lowest BCUT2D eigenvalue weighted by Gasteiger charge is -2.18. The van der Waals surface area contributed by atoms with Gasteiger partial charge in [-0.1, -0.05) is 18.2 Å².